The Balaban J connectivity index is 1.74. The summed E-state index contributed by atoms with van der Waals surface area (Å²) in [5, 5.41) is 16.4. The first-order valence-electron chi connectivity index (χ1n) is 10.8. The largest absolute Gasteiger partial charge is 0.479 e. The molecule has 166 valence electrons. The van der Waals surface area contributed by atoms with Gasteiger partial charge in [0.05, 0.1) is 12.8 Å². The number of aromatic nitrogens is 5. The van der Waals surface area contributed by atoms with Crippen LogP contribution in [0.1, 0.15) is 47.0 Å². The van der Waals surface area contributed by atoms with E-state index >= 15 is 0 Å². The maximum absolute atomic E-state index is 6.17. The van der Waals surface area contributed by atoms with E-state index in [-0.39, 0.29) is 11.6 Å². The molecule has 8 nitrogen and oxygen atoms in total. The van der Waals surface area contributed by atoms with Crippen molar-refractivity contribution < 1.29 is 9.47 Å². The van der Waals surface area contributed by atoms with Crippen LogP contribution in [0.4, 0.5) is 0 Å². The van der Waals surface area contributed by atoms with Gasteiger partial charge in [-0.05, 0) is 51.1 Å². The van der Waals surface area contributed by atoms with Crippen molar-refractivity contribution in [3.05, 3.63) is 42.7 Å². The highest BCUT2D eigenvalue weighted by Gasteiger charge is 2.23. The molecule has 3 aromatic heterocycles. The number of nitrogens with one attached hydrogen (secondary N) is 1. The number of pyridine rings is 1. The molecule has 0 bridgehead atoms. The van der Waals surface area contributed by atoms with Crippen molar-refractivity contribution in [3.8, 4) is 28.8 Å². The average Bonchev–Trinajstić information content (AvgIpc) is 3.28. The van der Waals surface area contributed by atoms with Gasteiger partial charge in [-0.1, -0.05) is 20.3 Å². The number of methoxy groups -OCH3 is 1. The summed E-state index contributed by atoms with van der Waals surface area (Å²) in [5.41, 5.74) is 2.08. The van der Waals surface area contributed by atoms with Crippen molar-refractivity contribution in [2.45, 2.75) is 58.6 Å². The fourth-order valence-corrected chi connectivity index (χ4v) is 3.65. The minimum absolute atomic E-state index is 0.00124. The van der Waals surface area contributed by atoms with Gasteiger partial charge in [0, 0.05) is 30.4 Å². The van der Waals surface area contributed by atoms with Gasteiger partial charge in [0.1, 0.15) is 17.5 Å². The summed E-state index contributed by atoms with van der Waals surface area (Å²) in [6, 6.07) is 9.35. The molecule has 0 fully saturated rings. The molecule has 3 rings (SSSR count). The van der Waals surface area contributed by atoms with Crippen LogP contribution >= 0.6 is 0 Å². The van der Waals surface area contributed by atoms with Crippen LogP contribution in [0.2, 0.25) is 0 Å². The molecular weight excluding hydrogens is 392 g/mol. The molecule has 1 atom stereocenters. The lowest BCUT2D eigenvalue weighted by Gasteiger charge is -2.30. The molecule has 0 aliphatic rings. The zero-order valence-corrected chi connectivity index (χ0v) is 19.0. The van der Waals surface area contributed by atoms with E-state index in [0.29, 0.717) is 23.1 Å². The maximum Gasteiger partial charge on any atom is 0.240 e. The van der Waals surface area contributed by atoms with Crippen LogP contribution in [0.25, 0.3) is 17.1 Å². The van der Waals surface area contributed by atoms with E-state index in [0.717, 1.165) is 31.5 Å². The van der Waals surface area contributed by atoms with E-state index in [4.69, 9.17) is 9.47 Å². The minimum atomic E-state index is -0.00124. The molecule has 0 saturated carbocycles. The number of hydrogen-bond acceptors (Lipinski definition) is 7. The van der Waals surface area contributed by atoms with Crippen LogP contribution < -0.4 is 14.8 Å². The third-order valence-electron chi connectivity index (χ3n) is 4.98. The predicted molar refractivity (Wildman–Crippen MR) is 121 cm³/mol. The topological polar surface area (TPSA) is 87.0 Å². The monoisotopic (exact) mass is 424 g/mol. The standard InChI is InChI=1S/C23H32N6O2/c1-6-9-17(16-23(3,4)24-7-2)31-21-13-11-19(27-28-21)18-10-12-20(22(26-18)30-5)29-15-8-14-25-29/h8,10-15,17,24H,6-7,9,16H2,1-5H3. The zero-order valence-electron chi connectivity index (χ0n) is 19.0. The SMILES string of the molecule is CCCC(CC(C)(C)NCC)Oc1ccc(-c2ccc(-n3cccn3)c(OC)n2)nn1. The summed E-state index contributed by atoms with van der Waals surface area (Å²) in [7, 11) is 1.59. The molecule has 0 aliphatic heterocycles. The Labute approximate surface area is 184 Å². The smallest absolute Gasteiger partial charge is 0.240 e. The first-order chi connectivity index (χ1) is 15.0. The third kappa shape index (κ3) is 6.01. The van der Waals surface area contributed by atoms with Crippen molar-refractivity contribution in [3.63, 3.8) is 0 Å². The van der Waals surface area contributed by atoms with Crippen LogP contribution in [0.3, 0.4) is 0 Å². The Morgan fingerprint density at radius 1 is 1.10 bits per heavy atom. The van der Waals surface area contributed by atoms with Crippen LogP contribution in [0, 0.1) is 0 Å². The Morgan fingerprint density at radius 2 is 1.90 bits per heavy atom. The van der Waals surface area contributed by atoms with Gasteiger partial charge in [0.2, 0.25) is 11.8 Å². The molecule has 0 amide bonds. The van der Waals surface area contributed by atoms with Gasteiger partial charge in [0.15, 0.2) is 0 Å². The lowest BCUT2D eigenvalue weighted by Crippen LogP contribution is -2.43. The summed E-state index contributed by atoms with van der Waals surface area (Å²) < 4.78 is 13.3. The molecule has 0 radical (unpaired) electrons. The fraction of sp³-hybridized carbons (Fsp3) is 0.478. The molecular formula is C23H32N6O2. The summed E-state index contributed by atoms with van der Waals surface area (Å²) in [4.78, 5) is 4.57. The molecule has 1 N–H and O–H groups in total. The van der Waals surface area contributed by atoms with Crippen LogP contribution in [0.15, 0.2) is 42.7 Å². The highest BCUT2D eigenvalue weighted by molar-refractivity contribution is 5.58. The van der Waals surface area contributed by atoms with Gasteiger partial charge < -0.3 is 14.8 Å². The van der Waals surface area contributed by atoms with Gasteiger partial charge in [-0.3, -0.25) is 0 Å². The zero-order chi connectivity index (χ0) is 22.3. The van der Waals surface area contributed by atoms with Crippen LogP contribution in [-0.4, -0.2) is 50.3 Å². The molecule has 0 aromatic carbocycles. The molecule has 0 spiro atoms. The summed E-state index contributed by atoms with van der Waals surface area (Å²) in [5.74, 6) is 0.992. The quantitative estimate of drug-likeness (QED) is 0.497. The first kappa shape index (κ1) is 22.7. The Morgan fingerprint density at radius 3 is 2.52 bits per heavy atom. The average molecular weight is 425 g/mol. The Bertz CT molecular complexity index is 941. The summed E-state index contributed by atoms with van der Waals surface area (Å²) >= 11 is 0. The van der Waals surface area contributed by atoms with E-state index in [1.807, 2.05) is 36.5 Å². The summed E-state index contributed by atoms with van der Waals surface area (Å²) in [6.45, 7) is 9.60. The van der Waals surface area contributed by atoms with Crippen molar-refractivity contribution in [1.29, 1.82) is 0 Å². The lowest BCUT2D eigenvalue weighted by atomic mass is 9.94. The van der Waals surface area contributed by atoms with E-state index in [1.54, 1.807) is 18.0 Å². The second-order valence-electron chi connectivity index (χ2n) is 8.08. The van der Waals surface area contributed by atoms with Gasteiger partial charge >= 0.3 is 0 Å². The predicted octanol–water partition coefficient (Wildman–Crippen LogP) is 4.06. The third-order valence-corrected chi connectivity index (χ3v) is 4.98. The van der Waals surface area contributed by atoms with Gasteiger partial charge in [0.25, 0.3) is 0 Å². The maximum atomic E-state index is 6.17. The fourth-order valence-electron chi connectivity index (χ4n) is 3.65. The molecule has 0 aliphatic carbocycles. The van der Waals surface area contributed by atoms with Crippen LogP contribution in [-0.2, 0) is 0 Å². The molecule has 31 heavy (non-hydrogen) atoms. The van der Waals surface area contributed by atoms with Gasteiger partial charge in [-0.2, -0.15) is 5.10 Å². The Hall–Kier alpha value is -3.00. The van der Waals surface area contributed by atoms with Gasteiger partial charge in [-0.25, -0.2) is 9.67 Å². The highest BCUT2D eigenvalue weighted by Crippen LogP contribution is 2.25. The van der Waals surface area contributed by atoms with Crippen molar-refractivity contribution in [1.82, 2.24) is 30.3 Å². The molecule has 8 heteroatoms. The first-order valence-corrected chi connectivity index (χ1v) is 10.8. The van der Waals surface area contributed by atoms with Crippen LogP contribution in [0.5, 0.6) is 11.8 Å². The second kappa shape index (κ2) is 10.3. The van der Waals surface area contributed by atoms with E-state index in [1.165, 1.54) is 0 Å². The second-order valence-corrected chi connectivity index (χ2v) is 8.08. The lowest BCUT2D eigenvalue weighted by molar-refractivity contribution is 0.136. The molecule has 3 aromatic rings. The number of nitrogens with zero attached hydrogens (tertiary/aromatic N) is 5. The molecule has 3 heterocycles. The minimum Gasteiger partial charge on any atom is -0.479 e. The number of ether oxygens (including phenoxy) is 2. The van der Waals surface area contributed by atoms with Crippen molar-refractivity contribution in [2.75, 3.05) is 13.7 Å². The normalized spacial score (nSPS) is 12.5. The van der Waals surface area contributed by atoms with E-state index < -0.39 is 0 Å². The van der Waals surface area contributed by atoms with E-state index in [9.17, 15) is 0 Å². The van der Waals surface area contributed by atoms with E-state index in [2.05, 4.69) is 53.3 Å². The summed E-state index contributed by atoms with van der Waals surface area (Å²) in [6.07, 6.45) is 6.53. The number of hydrogen-bond donors (Lipinski definition) is 1. The molecule has 1 unspecified atom stereocenters. The van der Waals surface area contributed by atoms with Crippen molar-refractivity contribution in [2.24, 2.45) is 0 Å². The Kier molecular flexibility index (Phi) is 7.57. The van der Waals surface area contributed by atoms with Crippen molar-refractivity contribution >= 4 is 0 Å². The highest BCUT2D eigenvalue weighted by atomic mass is 16.5. The molecule has 0 saturated heterocycles. The number of rotatable bonds is 11. The van der Waals surface area contributed by atoms with Gasteiger partial charge in [-0.15, -0.1) is 10.2 Å².